The van der Waals surface area contributed by atoms with Crippen molar-refractivity contribution in [2.45, 2.75) is 99.1 Å². The Hall–Kier alpha value is -3.81. The van der Waals surface area contributed by atoms with Crippen LogP contribution in [0.4, 0.5) is 10.6 Å². The SMILES string of the molecule is CC1=N[N+](C)=C2CN(c3nc(-c4cc(OC[C@@H](CN(C)C(=O)OC(C)(C)C)O[Si](C)(C)C(C)(C)C)ccc4Cl)nc(-c4c(C)noc4C)c3C)CC12. The lowest BCUT2D eigenvalue weighted by Crippen LogP contribution is -2.49. The molecule has 2 aliphatic heterocycles. The Balaban J connectivity index is 1.49. The summed E-state index contributed by atoms with van der Waals surface area (Å²) in [6, 6.07) is 5.49. The van der Waals surface area contributed by atoms with Crippen molar-refractivity contribution in [3.63, 3.8) is 0 Å². The number of amides is 1. The molecule has 1 aromatic carbocycles. The fraction of sp³-hybridized carbons (Fsp3) is 0.579. The van der Waals surface area contributed by atoms with Gasteiger partial charge in [0.15, 0.2) is 21.2 Å². The van der Waals surface area contributed by atoms with Gasteiger partial charge in [-0.1, -0.05) is 42.2 Å². The van der Waals surface area contributed by atoms with Gasteiger partial charge in [0.25, 0.3) is 0 Å². The minimum Gasteiger partial charge on any atom is -0.491 e. The van der Waals surface area contributed by atoms with Crippen molar-refractivity contribution < 1.29 is 27.9 Å². The first-order valence-corrected chi connectivity index (χ1v) is 21.1. The van der Waals surface area contributed by atoms with Crippen LogP contribution in [0.5, 0.6) is 5.75 Å². The standard InChI is InChI=1S/C38H55ClN7O5Si/c1-22-33(32-24(3)43-50-25(32)4)40-34(41-35(22)46-19-29-23(2)42-45(12)31(29)20-46)28-17-26(15-16-30(28)39)48-21-27(51-52(13,14)38(8,9)10)18-44(11)36(47)49-37(5,6)7/h15-17,27,29H,18-21H2,1-14H3/q+1/t27-,29?/m1/s1. The molecule has 0 radical (unpaired) electrons. The summed E-state index contributed by atoms with van der Waals surface area (Å²) in [6.45, 7) is 26.4. The summed E-state index contributed by atoms with van der Waals surface area (Å²) >= 11 is 6.91. The lowest BCUT2D eigenvalue weighted by Gasteiger charge is -2.40. The molecular formula is C38H55ClN7O5Si+. The van der Waals surface area contributed by atoms with Gasteiger partial charge in [0.05, 0.1) is 40.3 Å². The summed E-state index contributed by atoms with van der Waals surface area (Å²) in [5, 5.41) is 9.33. The number of aryl methyl sites for hydroxylation is 2. The number of carbonyl (C=O) groups is 1. The number of anilines is 1. The Morgan fingerprint density at radius 3 is 2.42 bits per heavy atom. The highest BCUT2D eigenvalue weighted by molar-refractivity contribution is 6.74. The number of likely N-dealkylation sites (N-methyl/N-ethyl adjacent to an activating group) is 1. The van der Waals surface area contributed by atoms with Crippen LogP contribution in [0.25, 0.3) is 22.6 Å². The van der Waals surface area contributed by atoms with Crippen molar-refractivity contribution in [1.82, 2.24) is 20.0 Å². The van der Waals surface area contributed by atoms with E-state index in [4.69, 9.17) is 40.0 Å². The van der Waals surface area contributed by atoms with E-state index in [-0.39, 0.29) is 17.6 Å². The number of hydrazone groups is 1. The van der Waals surface area contributed by atoms with E-state index in [0.29, 0.717) is 41.0 Å². The van der Waals surface area contributed by atoms with Crippen LogP contribution in [0.1, 0.15) is 65.5 Å². The van der Waals surface area contributed by atoms with Crippen molar-refractivity contribution >= 4 is 43.3 Å². The van der Waals surface area contributed by atoms with Crippen LogP contribution in [0, 0.1) is 26.7 Å². The summed E-state index contributed by atoms with van der Waals surface area (Å²) in [5.41, 5.74) is 5.62. The lowest BCUT2D eigenvalue weighted by atomic mass is 10.0. The van der Waals surface area contributed by atoms with Gasteiger partial charge < -0.3 is 28.2 Å². The van der Waals surface area contributed by atoms with Crippen molar-refractivity contribution in [3.8, 4) is 28.4 Å². The number of carbonyl (C=O) groups excluding carboxylic acids is 1. The topological polar surface area (TPSA) is 118 Å². The Morgan fingerprint density at radius 1 is 1.13 bits per heavy atom. The molecule has 12 nitrogen and oxygen atoms in total. The van der Waals surface area contributed by atoms with E-state index in [1.54, 1.807) is 18.0 Å². The molecule has 1 fully saturated rings. The van der Waals surface area contributed by atoms with E-state index in [1.807, 2.05) is 65.4 Å². The van der Waals surface area contributed by atoms with Gasteiger partial charge in [-0.3, -0.25) is 0 Å². The summed E-state index contributed by atoms with van der Waals surface area (Å²) in [6.07, 6.45) is -0.830. The second-order valence-corrected chi connectivity index (χ2v) is 21.7. The van der Waals surface area contributed by atoms with E-state index >= 15 is 0 Å². The molecule has 0 saturated carbocycles. The first kappa shape index (κ1) is 39.4. The van der Waals surface area contributed by atoms with Gasteiger partial charge in [0.1, 0.15) is 42.0 Å². The van der Waals surface area contributed by atoms with Crippen LogP contribution >= 0.6 is 11.6 Å². The third-order valence-electron chi connectivity index (χ3n) is 10.1. The predicted molar refractivity (Wildman–Crippen MR) is 209 cm³/mol. The smallest absolute Gasteiger partial charge is 0.410 e. The monoisotopic (exact) mass is 752 g/mol. The third-order valence-corrected chi connectivity index (χ3v) is 15.0. The number of benzene rings is 1. The molecule has 282 valence electrons. The number of nitrogens with zero attached hydrogens (tertiary/aromatic N) is 7. The average molecular weight is 753 g/mol. The highest BCUT2D eigenvalue weighted by Gasteiger charge is 2.43. The van der Waals surface area contributed by atoms with Crippen LogP contribution < -0.4 is 9.64 Å². The number of rotatable bonds is 10. The normalized spacial score (nSPS) is 17.0. The van der Waals surface area contributed by atoms with E-state index in [1.165, 1.54) is 5.71 Å². The first-order chi connectivity index (χ1) is 24.1. The zero-order valence-electron chi connectivity index (χ0n) is 33.3. The zero-order valence-corrected chi connectivity index (χ0v) is 35.0. The maximum absolute atomic E-state index is 12.9. The van der Waals surface area contributed by atoms with Gasteiger partial charge in [0.2, 0.25) is 5.71 Å². The van der Waals surface area contributed by atoms with Gasteiger partial charge in [-0.05, 0) is 89.9 Å². The van der Waals surface area contributed by atoms with Crippen molar-refractivity contribution in [3.05, 3.63) is 40.2 Å². The van der Waals surface area contributed by atoms with Crippen LogP contribution in [0.15, 0.2) is 27.8 Å². The van der Waals surface area contributed by atoms with Crippen molar-refractivity contribution in [1.29, 1.82) is 0 Å². The van der Waals surface area contributed by atoms with Crippen molar-refractivity contribution in [2.75, 3.05) is 45.2 Å². The molecule has 14 heteroatoms. The van der Waals surface area contributed by atoms with Gasteiger partial charge in [0, 0.05) is 24.7 Å². The molecule has 0 N–H and O–H groups in total. The number of fused-ring (bicyclic) bond motifs is 1. The maximum Gasteiger partial charge on any atom is 0.410 e. The second-order valence-electron chi connectivity index (χ2n) is 16.5. The number of aromatic nitrogens is 3. The molecule has 1 saturated heterocycles. The fourth-order valence-corrected chi connectivity index (χ4v) is 7.85. The largest absolute Gasteiger partial charge is 0.491 e. The molecule has 0 spiro atoms. The highest BCUT2D eigenvalue weighted by Crippen LogP contribution is 2.40. The second kappa shape index (κ2) is 14.5. The van der Waals surface area contributed by atoms with E-state index in [9.17, 15) is 4.79 Å². The average Bonchev–Trinajstić information content (AvgIpc) is 3.69. The summed E-state index contributed by atoms with van der Waals surface area (Å²) in [4.78, 5) is 27.0. The molecular weight excluding hydrogens is 698 g/mol. The van der Waals surface area contributed by atoms with Crippen LogP contribution in [-0.4, -0.2) is 103 Å². The molecule has 2 aromatic heterocycles. The Morgan fingerprint density at radius 2 is 1.83 bits per heavy atom. The molecule has 1 amide bonds. The highest BCUT2D eigenvalue weighted by atomic mass is 35.5. The summed E-state index contributed by atoms with van der Waals surface area (Å²) in [5.74, 6) is 2.77. The number of halogens is 1. The van der Waals surface area contributed by atoms with Crippen LogP contribution in [0.3, 0.4) is 0 Å². The third kappa shape index (κ3) is 8.36. The van der Waals surface area contributed by atoms with Gasteiger partial charge in [-0.15, -0.1) is 0 Å². The number of hydrogen-bond acceptors (Lipinski definition) is 10. The lowest BCUT2D eigenvalue weighted by molar-refractivity contribution is -0.500. The number of hydrogen-bond donors (Lipinski definition) is 0. The Kier molecular flexibility index (Phi) is 11.0. The molecule has 3 aromatic rings. The maximum atomic E-state index is 12.9. The van der Waals surface area contributed by atoms with Gasteiger partial charge in [-0.25, -0.2) is 14.8 Å². The van der Waals surface area contributed by atoms with E-state index in [2.05, 4.69) is 55.9 Å². The van der Waals surface area contributed by atoms with Gasteiger partial charge in [-0.2, -0.15) is 0 Å². The van der Waals surface area contributed by atoms with E-state index < -0.39 is 26.1 Å². The molecule has 0 bridgehead atoms. The summed E-state index contributed by atoms with van der Waals surface area (Å²) in [7, 11) is 1.48. The molecule has 52 heavy (non-hydrogen) atoms. The quantitative estimate of drug-likeness (QED) is 0.150. The van der Waals surface area contributed by atoms with Crippen molar-refractivity contribution in [2.24, 2.45) is 11.0 Å². The van der Waals surface area contributed by atoms with Crippen LogP contribution in [-0.2, 0) is 9.16 Å². The number of ether oxygens (including phenoxy) is 2. The Bertz CT molecular complexity index is 1890. The minimum absolute atomic E-state index is 0.0456. The summed E-state index contributed by atoms with van der Waals surface area (Å²) < 4.78 is 26.4. The molecule has 2 atom stereocenters. The Labute approximate surface area is 314 Å². The molecule has 4 heterocycles. The van der Waals surface area contributed by atoms with E-state index in [0.717, 1.165) is 40.6 Å². The predicted octanol–water partition coefficient (Wildman–Crippen LogP) is 7.92. The van der Waals surface area contributed by atoms with Gasteiger partial charge >= 0.3 is 6.09 Å². The molecule has 5 rings (SSSR count). The molecule has 0 aliphatic carbocycles. The zero-order chi connectivity index (χ0) is 38.5. The minimum atomic E-state index is -2.24. The fourth-order valence-electron chi connectivity index (χ4n) is 6.32. The van der Waals surface area contributed by atoms with Crippen LogP contribution in [0.2, 0.25) is 23.2 Å². The first-order valence-electron chi connectivity index (χ1n) is 17.8. The molecule has 1 unspecified atom stereocenters. The molecule has 2 aliphatic rings.